The molecular formula is C14H21N5. The van der Waals surface area contributed by atoms with E-state index in [4.69, 9.17) is 5.73 Å². The van der Waals surface area contributed by atoms with Gasteiger partial charge in [-0.2, -0.15) is 5.10 Å². The van der Waals surface area contributed by atoms with Gasteiger partial charge in [-0.05, 0) is 36.8 Å². The molecule has 102 valence electrons. The van der Waals surface area contributed by atoms with Crippen LogP contribution in [-0.2, 0) is 19.5 Å². The summed E-state index contributed by atoms with van der Waals surface area (Å²) in [6.45, 7) is 3.86. The quantitative estimate of drug-likeness (QED) is 0.911. The van der Waals surface area contributed by atoms with E-state index in [0.717, 1.165) is 38.2 Å². The molecule has 2 aromatic rings. The summed E-state index contributed by atoms with van der Waals surface area (Å²) < 4.78 is 4.19. The lowest BCUT2D eigenvalue weighted by Gasteiger charge is -2.17. The second kappa shape index (κ2) is 5.17. The van der Waals surface area contributed by atoms with Crippen LogP contribution in [0.4, 0.5) is 0 Å². The Kier molecular flexibility index (Phi) is 3.38. The zero-order valence-corrected chi connectivity index (χ0v) is 11.4. The van der Waals surface area contributed by atoms with Crippen LogP contribution >= 0.6 is 0 Å². The molecule has 1 aliphatic carbocycles. The summed E-state index contributed by atoms with van der Waals surface area (Å²) >= 11 is 0. The van der Waals surface area contributed by atoms with E-state index >= 15 is 0 Å². The van der Waals surface area contributed by atoms with Gasteiger partial charge in [0.15, 0.2) is 0 Å². The molecule has 1 atom stereocenters. The van der Waals surface area contributed by atoms with E-state index in [9.17, 15) is 0 Å². The predicted molar refractivity (Wildman–Crippen MR) is 73.7 cm³/mol. The van der Waals surface area contributed by atoms with Crippen molar-refractivity contribution >= 4 is 0 Å². The van der Waals surface area contributed by atoms with Crippen molar-refractivity contribution in [2.24, 2.45) is 5.73 Å². The largest absolute Gasteiger partial charge is 0.346 e. The van der Waals surface area contributed by atoms with Crippen LogP contribution in [0.2, 0.25) is 0 Å². The summed E-state index contributed by atoms with van der Waals surface area (Å²) in [5.41, 5.74) is 8.88. The van der Waals surface area contributed by atoms with Crippen LogP contribution in [0.3, 0.4) is 0 Å². The van der Waals surface area contributed by atoms with Crippen molar-refractivity contribution in [1.82, 2.24) is 19.3 Å². The minimum atomic E-state index is 0.207. The van der Waals surface area contributed by atoms with Gasteiger partial charge in [-0.1, -0.05) is 6.92 Å². The zero-order chi connectivity index (χ0) is 13.2. The minimum Gasteiger partial charge on any atom is -0.346 e. The van der Waals surface area contributed by atoms with Crippen molar-refractivity contribution in [3.05, 3.63) is 35.7 Å². The van der Waals surface area contributed by atoms with E-state index in [2.05, 4.69) is 34.0 Å². The van der Waals surface area contributed by atoms with E-state index < -0.39 is 0 Å². The number of fused-ring (bicyclic) bond motifs is 1. The Bertz CT molecular complexity index is 554. The number of hydrogen-bond acceptors (Lipinski definition) is 3. The van der Waals surface area contributed by atoms with Crippen LogP contribution in [0.15, 0.2) is 18.7 Å². The third-order valence-electron chi connectivity index (χ3n) is 3.81. The second-order valence-electron chi connectivity index (χ2n) is 5.31. The molecule has 0 spiro atoms. The lowest BCUT2D eigenvalue weighted by Crippen LogP contribution is -2.15. The Hall–Kier alpha value is -1.62. The van der Waals surface area contributed by atoms with Gasteiger partial charge in [-0.15, -0.1) is 0 Å². The highest BCUT2D eigenvalue weighted by Gasteiger charge is 2.19. The Labute approximate surface area is 113 Å². The maximum absolute atomic E-state index is 6.16. The standard InChI is InChI=1S/C14H21N5/c1-2-6-19-14(16-10-17-19)9-18-7-11-4-3-5-13(15)12(11)8-18/h7-8,10,13H,2-6,9,15H2,1H3. The van der Waals surface area contributed by atoms with Crippen molar-refractivity contribution in [3.8, 4) is 0 Å². The topological polar surface area (TPSA) is 61.7 Å². The zero-order valence-electron chi connectivity index (χ0n) is 11.4. The van der Waals surface area contributed by atoms with Gasteiger partial charge in [-0.3, -0.25) is 0 Å². The Morgan fingerprint density at radius 1 is 1.42 bits per heavy atom. The van der Waals surface area contributed by atoms with Gasteiger partial charge in [0.25, 0.3) is 0 Å². The fourth-order valence-electron chi connectivity index (χ4n) is 2.85. The summed E-state index contributed by atoms with van der Waals surface area (Å²) in [6.07, 6.45) is 10.6. The summed E-state index contributed by atoms with van der Waals surface area (Å²) in [5, 5.41) is 4.27. The Balaban J connectivity index is 1.81. The molecule has 5 heteroatoms. The van der Waals surface area contributed by atoms with Crippen LogP contribution in [0.1, 0.15) is 49.2 Å². The first-order valence-electron chi connectivity index (χ1n) is 7.08. The van der Waals surface area contributed by atoms with Crippen LogP contribution in [0, 0.1) is 0 Å². The molecule has 1 aliphatic rings. The Morgan fingerprint density at radius 2 is 2.32 bits per heavy atom. The molecule has 0 bridgehead atoms. The fourth-order valence-corrected chi connectivity index (χ4v) is 2.85. The highest BCUT2D eigenvalue weighted by molar-refractivity contribution is 5.30. The van der Waals surface area contributed by atoms with Crippen LogP contribution in [0.25, 0.3) is 0 Å². The molecule has 5 nitrogen and oxygen atoms in total. The molecule has 3 rings (SSSR count). The molecular weight excluding hydrogens is 238 g/mol. The number of hydrogen-bond donors (Lipinski definition) is 1. The third kappa shape index (κ3) is 2.42. The molecule has 0 saturated heterocycles. The number of aryl methyl sites for hydroxylation is 2. The predicted octanol–water partition coefficient (Wildman–Crippen LogP) is 1.87. The molecule has 2 heterocycles. The van der Waals surface area contributed by atoms with Crippen molar-refractivity contribution in [3.63, 3.8) is 0 Å². The maximum atomic E-state index is 6.16. The van der Waals surface area contributed by atoms with Gasteiger partial charge in [0, 0.05) is 25.0 Å². The number of aromatic nitrogens is 4. The average molecular weight is 259 g/mol. The number of rotatable bonds is 4. The lowest BCUT2D eigenvalue weighted by atomic mass is 9.92. The molecule has 0 saturated carbocycles. The van der Waals surface area contributed by atoms with Crippen molar-refractivity contribution in [2.45, 2.75) is 51.7 Å². The average Bonchev–Trinajstić information content (AvgIpc) is 2.98. The first kappa shape index (κ1) is 12.4. The number of nitrogens with zero attached hydrogens (tertiary/aromatic N) is 4. The van der Waals surface area contributed by atoms with Gasteiger partial charge in [0.1, 0.15) is 12.2 Å². The highest BCUT2D eigenvalue weighted by Crippen LogP contribution is 2.28. The molecule has 0 radical (unpaired) electrons. The van der Waals surface area contributed by atoms with E-state index in [0.29, 0.717) is 0 Å². The van der Waals surface area contributed by atoms with Crippen molar-refractivity contribution < 1.29 is 0 Å². The summed E-state index contributed by atoms with van der Waals surface area (Å²) in [6, 6.07) is 0.207. The third-order valence-corrected chi connectivity index (χ3v) is 3.81. The van der Waals surface area contributed by atoms with Gasteiger partial charge < -0.3 is 10.3 Å². The molecule has 1 unspecified atom stereocenters. The first-order chi connectivity index (χ1) is 9.28. The van der Waals surface area contributed by atoms with E-state index in [1.165, 1.54) is 17.5 Å². The molecule has 2 aromatic heterocycles. The summed E-state index contributed by atoms with van der Waals surface area (Å²) in [7, 11) is 0. The highest BCUT2D eigenvalue weighted by atomic mass is 15.3. The molecule has 2 N–H and O–H groups in total. The SMILES string of the molecule is CCCn1ncnc1Cn1cc2c(c1)C(N)CCC2. The lowest BCUT2D eigenvalue weighted by molar-refractivity contribution is 0.554. The van der Waals surface area contributed by atoms with Crippen LogP contribution < -0.4 is 5.73 Å². The summed E-state index contributed by atoms with van der Waals surface area (Å²) in [5.74, 6) is 1.02. The molecule has 0 amide bonds. The summed E-state index contributed by atoms with van der Waals surface area (Å²) in [4.78, 5) is 4.36. The fraction of sp³-hybridized carbons (Fsp3) is 0.571. The van der Waals surface area contributed by atoms with E-state index in [-0.39, 0.29) is 6.04 Å². The van der Waals surface area contributed by atoms with Crippen molar-refractivity contribution in [2.75, 3.05) is 0 Å². The van der Waals surface area contributed by atoms with Gasteiger partial charge in [0.05, 0.1) is 6.54 Å². The van der Waals surface area contributed by atoms with Crippen LogP contribution in [-0.4, -0.2) is 19.3 Å². The smallest absolute Gasteiger partial charge is 0.146 e. The molecule has 0 fully saturated rings. The van der Waals surface area contributed by atoms with Gasteiger partial charge in [0.2, 0.25) is 0 Å². The molecule has 19 heavy (non-hydrogen) atoms. The normalized spacial score (nSPS) is 18.5. The monoisotopic (exact) mass is 259 g/mol. The molecule has 0 aliphatic heterocycles. The van der Waals surface area contributed by atoms with E-state index in [1.807, 2.05) is 4.68 Å². The van der Waals surface area contributed by atoms with Gasteiger partial charge >= 0.3 is 0 Å². The first-order valence-corrected chi connectivity index (χ1v) is 7.08. The minimum absolute atomic E-state index is 0.207. The van der Waals surface area contributed by atoms with E-state index in [1.54, 1.807) is 6.33 Å². The van der Waals surface area contributed by atoms with Crippen molar-refractivity contribution in [1.29, 1.82) is 0 Å². The van der Waals surface area contributed by atoms with Crippen LogP contribution in [0.5, 0.6) is 0 Å². The maximum Gasteiger partial charge on any atom is 0.146 e. The number of nitrogens with two attached hydrogens (primary N) is 1. The molecule has 0 aromatic carbocycles. The Morgan fingerprint density at radius 3 is 3.11 bits per heavy atom. The second-order valence-corrected chi connectivity index (χ2v) is 5.31. The van der Waals surface area contributed by atoms with Gasteiger partial charge in [-0.25, -0.2) is 9.67 Å².